The van der Waals surface area contributed by atoms with Crippen molar-refractivity contribution in [1.29, 1.82) is 0 Å². The quantitative estimate of drug-likeness (QED) is 0.346. The van der Waals surface area contributed by atoms with Crippen molar-refractivity contribution >= 4 is 11.9 Å². The zero-order valence-electron chi connectivity index (χ0n) is 16.0. The summed E-state index contributed by atoms with van der Waals surface area (Å²) in [6.07, 6.45) is 15.7. The van der Waals surface area contributed by atoms with Gasteiger partial charge in [0.1, 0.15) is 6.54 Å². The van der Waals surface area contributed by atoms with E-state index in [-0.39, 0.29) is 5.91 Å². The predicted octanol–water partition coefficient (Wildman–Crippen LogP) is 3.86. The number of rotatable bonds is 16. The normalized spacial score (nSPS) is 10.6. The summed E-state index contributed by atoms with van der Waals surface area (Å²) in [4.78, 5) is 22.2. The minimum absolute atomic E-state index is 0.168. The second-order valence-corrected chi connectivity index (χ2v) is 6.89. The number of carbonyl (C=O) groups is 2. The monoisotopic (exact) mass is 363 g/mol. The Labute approximate surface area is 157 Å². The number of pyridine rings is 1. The smallest absolute Gasteiger partial charge is 0.303 e. The topological polar surface area (TPSA) is 70.3 Å². The van der Waals surface area contributed by atoms with Crippen molar-refractivity contribution < 1.29 is 19.3 Å². The average Bonchev–Trinajstić information content (AvgIpc) is 2.64. The van der Waals surface area contributed by atoms with Crippen LogP contribution < -0.4 is 9.88 Å². The Hall–Kier alpha value is -1.91. The van der Waals surface area contributed by atoms with Crippen LogP contribution in [-0.2, 0) is 16.1 Å². The van der Waals surface area contributed by atoms with Gasteiger partial charge < -0.3 is 10.4 Å². The lowest BCUT2D eigenvalue weighted by Crippen LogP contribution is -2.32. The molecule has 0 aliphatic rings. The third kappa shape index (κ3) is 13.4. The summed E-state index contributed by atoms with van der Waals surface area (Å²) in [6.45, 7) is 1.75. The van der Waals surface area contributed by atoms with Gasteiger partial charge in [-0.3, -0.25) is 9.59 Å². The van der Waals surface area contributed by atoms with Crippen molar-refractivity contribution in [3.8, 4) is 0 Å². The van der Waals surface area contributed by atoms with Crippen LogP contribution in [0.25, 0.3) is 0 Å². The van der Waals surface area contributed by atoms with E-state index in [1.54, 1.807) is 0 Å². The Bertz CT molecular complexity index is 491. The fourth-order valence-electron chi connectivity index (χ4n) is 2.94. The van der Waals surface area contributed by atoms with Gasteiger partial charge in [-0.25, -0.2) is 4.57 Å². The fraction of sp³-hybridized carbons (Fsp3) is 0.667. The van der Waals surface area contributed by atoms with Crippen molar-refractivity contribution in [1.82, 2.24) is 5.32 Å². The van der Waals surface area contributed by atoms with Crippen LogP contribution in [0.4, 0.5) is 0 Å². The lowest BCUT2D eigenvalue weighted by Gasteiger charge is -2.05. The fourth-order valence-corrected chi connectivity index (χ4v) is 2.94. The van der Waals surface area contributed by atoms with Crippen LogP contribution in [0.2, 0.25) is 0 Å². The second kappa shape index (κ2) is 15.4. The number of unbranched alkanes of at least 4 members (excludes halogenated alkanes) is 8. The minimum Gasteiger partial charge on any atom is -0.481 e. The molecule has 0 saturated carbocycles. The highest BCUT2D eigenvalue weighted by atomic mass is 16.4. The lowest BCUT2D eigenvalue weighted by molar-refractivity contribution is -0.697. The van der Waals surface area contributed by atoms with Gasteiger partial charge in [0.05, 0.1) is 0 Å². The zero-order chi connectivity index (χ0) is 18.9. The molecule has 1 aromatic rings. The molecule has 0 saturated heterocycles. The third-order valence-electron chi connectivity index (χ3n) is 4.49. The van der Waals surface area contributed by atoms with E-state index in [2.05, 4.69) is 22.3 Å². The molecule has 1 heterocycles. The van der Waals surface area contributed by atoms with Crippen molar-refractivity contribution in [3.63, 3.8) is 0 Å². The van der Waals surface area contributed by atoms with Gasteiger partial charge in [0, 0.05) is 37.9 Å². The van der Waals surface area contributed by atoms with Gasteiger partial charge in [0.25, 0.3) is 0 Å². The SMILES string of the molecule is O=C(O)CCCCCCCCCCNC(=O)CCCC[n+]1ccccc1. The van der Waals surface area contributed by atoms with Gasteiger partial charge >= 0.3 is 5.97 Å². The predicted molar refractivity (Wildman–Crippen MR) is 103 cm³/mol. The number of aromatic nitrogens is 1. The Morgan fingerprint density at radius 1 is 0.731 bits per heavy atom. The first-order valence-corrected chi connectivity index (χ1v) is 10.1. The molecule has 1 amide bonds. The molecule has 0 bridgehead atoms. The summed E-state index contributed by atoms with van der Waals surface area (Å²) in [7, 11) is 0. The highest BCUT2D eigenvalue weighted by Crippen LogP contribution is 2.09. The van der Waals surface area contributed by atoms with Crippen LogP contribution >= 0.6 is 0 Å². The average molecular weight is 364 g/mol. The molecule has 0 unspecified atom stereocenters. The van der Waals surface area contributed by atoms with E-state index in [0.29, 0.717) is 12.8 Å². The van der Waals surface area contributed by atoms with Crippen LogP contribution in [0.1, 0.15) is 77.0 Å². The van der Waals surface area contributed by atoms with Crippen molar-refractivity contribution in [2.45, 2.75) is 83.6 Å². The van der Waals surface area contributed by atoms with Crippen LogP contribution in [0.5, 0.6) is 0 Å². The molecular weight excluding hydrogens is 328 g/mol. The van der Waals surface area contributed by atoms with Crippen molar-refractivity contribution in [2.75, 3.05) is 6.54 Å². The van der Waals surface area contributed by atoms with Crippen LogP contribution in [0, 0.1) is 0 Å². The molecule has 0 fully saturated rings. The first-order valence-electron chi connectivity index (χ1n) is 10.1. The van der Waals surface area contributed by atoms with E-state index in [1.165, 1.54) is 19.3 Å². The summed E-state index contributed by atoms with van der Waals surface area (Å²) in [5.41, 5.74) is 0. The molecule has 0 aromatic carbocycles. The maximum atomic E-state index is 11.8. The van der Waals surface area contributed by atoms with Gasteiger partial charge in [0.2, 0.25) is 5.91 Å². The molecule has 0 atom stereocenters. The van der Waals surface area contributed by atoms with Gasteiger partial charge in [-0.05, 0) is 19.3 Å². The van der Waals surface area contributed by atoms with Crippen LogP contribution in [0.15, 0.2) is 30.6 Å². The number of carbonyl (C=O) groups excluding carboxylic acids is 1. The van der Waals surface area contributed by atoms with Crippen LogP contribution in [0.3, 0.4) is 0 Å². The van der Waals surface area contributed by atoms with E-state index < -0.39 is 5.97 Å². The number of carboxylic acid groups (broad SMARTS) is 1. The summed E-state index contributed by atoms with van der Waals surface area (Å²) in [5.74, 6) is -0.524. The van der Waals surface area contributed by atoms with E-state index in [4.69, 9.17) is 5.11 Å². The summed E-state index contributed by atoms with van der Waals surface area (Å²) in [6, 6.07) is 6.05. The first-order chi connectivity index (χ1) is 12.7. The zero-order valence-corrected chi connectivity index (χ0v) is 16.0. The highest BCUT2D eigenvalue weighted by molar-refractivity contribution is 5.75. The number of hydrogen-bond donors (Lipinski definition) is 2. The van der Waals surface area contributed by atoms with E-state index in [9.17, 15) is 9.59 Å². The Morgan fingerprint density at radius 2 is 1.31 bits per heavy atom. The number of nitrogens with one attached hydrogen (secondary N) is 1. The first kappa shape index (κ1) is 22.1. The Balaban J connectivity index is 1.81. The molecule has 0 radical (unpaired) electrons. The van der Waals surface area contributed by atoms with Crippen LogP contribution in [-0.4, -0.2) is 23.5 Å². The molecular formula is C21H35N2O3+. The van der Waals surface area contributed by atoms with E-state index >= 15 is 0 Å². The molecule has 0 aliphatic carbocycles. The van der Waals surface area contributed by atoms with Gasteiger partial charge in [0.15, 0.2) is 12.4 Å². The molecule has 5 nitrogen and oxygen atoms in total. The van der Waals surface area contributed by atoms with Crippen molar-refractivity contribution in [3.05, 3.63) is 30.6 Å². The second-order valence-electron chi connectivity index (χ2n) is 6.89. The number of amides is 1. The molecule has 1 aromatic heterocycles. The standard InChI is InChI=1S/C21H34N2O3/c24-20(14-9-13-19-23-17-11-7-12-18-23)22-16-10-6-4-2-1-3-5-8-15-21(25)26/h7,11-12,17-18H,1-6,8-10,13-16,19H2,(H-,22,24,25,26)/p+1. The number of carboxylic acids is 1. The van der Waals surface area contributed by atoms with Gasteiger partial charge in [-0.1, -0.05) is 44.6 Å². The molecule has 1 rings (SSSR count). The summed E-state index contributed by atoms with van der Waals surface area (Å²) >= 11 is 0. The molecule has 146 valence electrons. The molecule has 0 spiro atoms. The van der Waals surface area contributed by atoms with E-state index in [1.807, 2.05) is 18.2 Å². The maximum absolute atomic E-state index is 11.8. The number of nitrogens with zero attached hydrogens (tertiary/aromatic N) is 1. The molecule has 2 N–H and O–H groups in total. The summed E-state index contributed by atoms with van der Waals surface area (Å²) < 4.78 is 2.14. The lowest BCUT2D eigenvalue weighted by atomic mass is 10.1. The largest absolute Gasteiger partial charge is 0.481 e. The third-order valence-corrected chi connectivity index (χ3v) is 4.49. The molecule has 5 heteroatoms. The van der Waals surface area contributed by atoms with Gasteiger partial charge in [-0.2, -0.15) is 0 Å². The van der Waals surface area contributed by atoms with E-state index in [0.717, 1.165) is 58.0 Å². The van der Waals surface area contributed by atoms with Crippen molar-refractivity contribution in [2.24, 2.45) is 0 Å². The maximum Gasteiger partial charge on any atom is 0.303 e. The molecule has 26 heavy (non-hydrogen) atoms. The molecule has 0 aliphatic heterocycles. The number of aryl methyl sites for hydroxylation is 1. The number of aliphatic carboxylic acids is 1. The highest BCUT2D eigenvalue weighted by Gasteiger charge is 2.03. The van der Waals surface area contributed by atoms with Gasteiger partial charge in [-0.15, -0.1) is 0 Å². The number of hydrogen-bond acceptors (Lipinski definition) is 2. The summed E-state index contributed by atoms with van der Waals surface area (Å²) in [5, 5.41) is 11.6. The Morgan fingerprint density at radius 3 is 1.96 bits per heavy atom. The Kier molecular flexibility index (Phi) is 13.1. The minimum atomic E-state index is -0.692.